The molecule has 2 rings (SSSR count). The largest absolute Gasteiger partial charge is 0.378 e. The summed E-state index contributed by atoms with van der Waals surface area (Å²) >= 11 is 11.2. The van der Waals surface area contributed by atoms with Crippen molar-refractivity contribution in [1.82, 2.24) is 20.7 Å². The number of thiocarbonyl (C=S) groups is 2. The first-order chi connectivity index (χ1) is 16.9. The monoisotopic (exact) mass is 511 g/mol. The van der Waals surface area contributed by atoms with Crippen molar-refractivity contribution in [1.29, 1.82) is 0 Å². The van der Waals surface area contributed by atoms with Gasteiger partial charge in [-0.05, 0) is 64.3 Å². The van der Waals surface area contributed by atoms with Crippen molar-refractivity contribution in [3.63, 3.8) is 0 Å². The number of hydrogen-bond donors (Lipinski definition) is 2. The zero-order valence-corrected chi connectivity index (χ0v) is 23.2. The first-order valence-electron chi connectivity index (χ1n) is 11.9. The molecule has 0 aliphatic heterocycles. The molecule has 35 heavy (non-hydrogen) atoms. The van der Waals surface area contributed by atoms with Crippen LogP contribution >= 0.6 is 24.4 Å². The standard InChI is InChI=1S/C26H37N7S2/c1-7-32(8-2)25(34)29-27-23(20-14-12-11-13-15-20)24(28-30-26(35)33(9-3)10-4)21-16-18-22(19-17-21)31(5)6/h11-19H,7-10H2,1-6H3,(H,29,34)(H,30,35). The predicted octanol–water partition coefficient (Wildman–Crippen LogP) is 4.29. The van der Waals surface area contributed by atoms with Crippen LogP contribution in [-0.4, -0.2) is 71.7 Å². The van der Waals surface area contributed by atoms with E-state index < -0.39 is 0 Å². The molecule has 0 radical (unpaired) electrons. The predicted molar refractivity (Wildman–Crippen MR) is 158 cm³/mol. The first kappa shape index (κ1) is 28.2. The molecule has 2 N–H and O–H groups in total. The highest BCUT2D eigenvalue weighted by Gasteiger charge is 2.17. The lowest BCUT2D eigenvalue weighted by molar-refractivity contribution is 0.457. The second-order valence-corrected chi connectivity index (χ2v) is 8.68. The Kier molecular flexibility index (Phi) is 11.6. The second-order valence-electron chi connectivity index (χ2n) is 7.91. The molecule has 0 unspecified atom stereocenters. The van der Waals surface area contributed by atoms with Gasteiger partial charge in [0.1, 0.15) is 11.4 Å². The zero-order valence-electron chi connectivity index (χ0n) is 21.6. The lowest BCUT2D eigenvalue weighted by Crippen LogP contribution is -2.39. The number of hydrogen-bond acceptors (Lipinski definition) is 5. The second kappa shape index (κ2) is 14.4. The van der Waals surface area contributed by atoms with E-state index in [1.54, 1.807) is 0 Å². The van der Waals surface area contributed by atoms with E-state index in [4.69, 9.17) is 34.6 Å². The maximum absolute atomic E-state index is 5.59. The van der Waals surface area contributed by atoms with Crippen LogP contribution in [0.3, 0.4) is 0 Å². The van der Waals surface area contributed by atoms with Gasteiger partial charge in [0.15, 0.2) is 10.2 Å². The Bertz CT molecular complexity index is 1010. The Morgan fingerprint density at radius 3 is 1.43 bits per heavy atom. The van der Waals surface area contributed by atoms with Crippen LogP contribution in [-0.2, 0) is 0 Å². The van der Waals surface area contributed by atoms with Crippen LogP contribution in [0.5, 0.6) is 0 Å². The topological polar surface area (TPSA) is 58.5 Å². The quantitative estimate of drug-likeness (QED) is 0.280. The van der Waals surface area contributed by atoms with Crippen LogP contribution < -0.4 is 15.8 Å². The molecule has 0 atom stereocenters. The normalized spacial score (nSPS) is 11.6. The van der Waals surface area contributed by atoms with Crippen molar-refractivity contribution < 1.29 is 0 Å². The minimum absolute atomic E-state index is 0.566. The molecule has 0 bridgehead atoms. The molecule has 0 aromatic heterocycles. The van der Waals surface area contributed by atoms with Crippen LogP contribution in [0.15, 0.2) is 64.8 Å². The first-order valence-corrected chi connectivity index (χ1v) is 12.8. The SMILES string of the molecule is CCN(CC)C(=S)NN=C(C(=NNC(=S)N(CC)CC)c1ccc(N(C)C)cc1)c1ccccc1. The van der Waals surface area contributed by atoms with Crippen LogP contribution in [0, 0.1) is 0 Å². The molecular weight excluding hydrogens is 474 g/mol. The van der Waals surface area contributed by atoms with E-state index in [-0.39, 0.29) is 0 Å². The number of benzene rings is 2. The Hall–Kier alpha value is -3.04. The summed E-state index contributed by atoms with van der Waals surface area (Å²) in [5.41, 5.74) is 10.4. The van der Waals surface area contributed by atoms with E-state index in [2.05, 4.69) is 55.6 Å². The summed E-state index contributed by atoms with van der Waals surface area (Å²) in [6, 6.07) is 18.2. The van der Waals surface area contributed by atoms with Gasteiger partial charge >= 0.3 is 0 Å². The molecule has 0 saturated carbocycles. The van der Waals surface area contributed by atoms with E-state index in [0.717, 1.165) is 43.0 Å². The van der Waals surface area contributed by atoms with Gasteiger partial charge in [-0.3, -0.25) is 10.9 Å². The third-order valence-corrected chi connectivity index (χ3v) is 6.26. The Morgan fingerprint density at radius 1 is 0.657 bits per heavy atom. The number of hydrazone groups is 2. The van der Waals surface area contributed by atoms with Gasteiger partial charge in [-0.2, -0.15) is 10.2 Å². The summed E-state index contributed by atoms with van der Waals surface area (Å²) in [5, 5.41) is 10.7. The van der Waals surface area contributed by atoms with E-state index in [0.29, 0.717) is 21.6 Å². The molecule has 0 aliphatic carbocycles. The Morgan fingerprint density at radius 2 is 1.06 bits per heavy atom. The molecule has 0 saturated heterocycles. The molecule has 0 amide bonds. The molecule has 9 heteroatoms. The van der Waals surface area contributed by atoms with E-state index in [9.17, 15) is 0 Å². The molecule has 7 nitrogen and oxygen atoms in total. The number of nitrogens with one attached hydrogen (secondary N) is 2. The molecule has 2 aromatic carbocycles. The van der Waals surface area contributed by atoms with Crippen LogP contribution in [0.25, 0.3) is 0 Å². The summed E-state index contributed by atoms with van der Waals surface area (Å²) in [6.07, 6.45) is 0. The fraction of sp³-hybridized carbons (Fsp3) is 0.385. The highest BCUT2D eigenvalue weighted by atomic mass is 32.1. The van der Waals surface area contributed by atoms with Gasteiger partial charge in [0.25, 0.3) is 0 Å². The summed E-state index contributed by atoms with van der Waals surface area (Å²) in [6.45, 7) is 11.4. The average Bonchev–Trinajstić information content (AvgIpc) is 2.88. The minimum atomic E-state index is 0.566. The van der Waals surface area contributed by atoms with Gasteiger partial charge in [0, 0.05) is 57.1 Å². The number of nitrogens with zero attached hydrogens (tertiary/aromatic N) is 5. The van der Waals surface area contributed by atoms with Gasteiger partial charge in [0.2, 0.25) is 0 Å². The highest BCUT2D eigenvalue weighted by molar-refractivity contribution is 7.80. The van der Waals surface area contributed by atoms with Crippen LogP contribution in [0.2, 0.25) is 0 Å². The fourth-order valence-electron chi connectivity index (χ4n) is 3.39. The van der Waals surface area contributed by atoms with Gasteiger partial charge in [-0.1, -0.05) is 42.5 Å². The smallest absolute Gasteiger partial charge is 0.189 e. The molecule has 0 spiro atoms. The number of rotatable bonds is 10. The van der Waals surface area contributed by atoms with Gasteiger partial charge in [0.05, 0.1) is 0 Å². The lowest BCUT2D eigenvalue weighted by Gasteiger charge is -2.22. The van der Waals surface area contributed by atoms with E-state index in [1.807, 2.05) is 66.4 Å². The molecule has 0 heterocycles. The summed E-state index contributed by atoms with van der Waals surface area (Å²) in [7, 11) is 4.03. The van der Waals surface area contributed by atoms with Crippen molar-refractivity contribution in [2.45, 2.75) is 27.7 Å². The van der Waals surface area contributed by atoms with Crippen LogP contribution in [0.1, 0.15) is 38.8 Å². The van der Waals surface area contributed by atoms with Crippen LogP contribution in [0.4, 0.5) is 5.69 Å². The average molecular weight is 512 g/mol. The van der Waals surface area contributed by atoms with E-state index >= 15 is 0 Å². The third kappa shape index (κ3) is 8.00. The third-order valence-electron chi connectivity index (χ3n) is 5.56. The maximum Gasteiger partial charge on any atom is 0.189 e. The summed E-state index contributed by atoms with van der Waals surface area (Å²) in [5.74, 6) is 0. The lowest BCUT2D eigenvalue weighted by atomic mass is 9.99. The molecular formula is C26H37N7S2. The van der Waals surface area contributed by atoms with Crippen molar-refractivity contribution in [2.24, 2.45) is 10.2 Å². The Balaban J connectivity index is 2.59. The van der Waals surface area contributed by atoms with E-state index in [1.165, 1.54) is 0 Å². The Labute approximate surface area is 220 Å². The van der Waals surface area contributed by atoms with Crippen molar-refractivity contribution in [3.05, 3.63) is 65.7 Å². The fourth-order valence-corrected chi connectivity index (χ4v) is 4.00. The van der Waals surface area contributed by atoms with Gasteiger partial charge in [-0.15, -0.1) is 0 Å². The molecule has 0 aliphatic rings. The number of anilines is 1. The highest BCUT2D eigenvalue weighted by Crippen LogP contribution is 2.16. The maximum atomic E-state index is 5.59. The van der Waals surface area contributed by atoms with Gasteiger partial charge in [-0.25, -0.2) is 0 Å². The van der Waals surface area contributed by atoms with Crippen molar-refractivity contribution in [2.75, 3.05) is 45.2 Å². The zero-order chi connectivity index (χ0) is 25.8. The van der Waals surface area contributed by atoms with Crippen molar-refractivity contribution >= 4 is 51.8 Å². The molecule has 0 fully saturated rings. The minimum Gasteiger partial charge on any atom is -0.378 e. The van der Waals surface area contributed by atoms with Gasteiger partial charge < -0.3 is 14.7 Å². The molecule has 2 aromatic rings. The summed E-state index contributed by atoms with van der Waals surface area (Å²) < 4.78 is 0. The van der Waals surface area contributed by atoms with Crippen molar-refractivity contribution in [3.8, 4) is 0 Å². The molecule has 188 valence electrons. The summed E-state index contributed by atoms with van der Waals surface area (Å²) in [4.78, 5) is 6.14.